The molecule has 0 saturated carbocycles. The third-order valence-corrected chi connectivity index (χ3v) is 6.32. The van der Waals surface area contributed by atoms with Gasteiger partial charge in [-0.15, -0.1) is 0 Å². The molecule has 2 N–H and O–H groups in total. The van der Waals surface area contributed by atoms with Gasteiger partial charge in [0.2, 0.25) is 11.8 Å². The highest BCUT2D eigenvalue weighted by atomic mass is 19.1. The minimum atomic E-state index is -0.693. The Bertz CT molecular complexity index is 835. The number of halogens is 1. The van der Waals surface area contributed by atoms with Crippen LogP contribution in [0.4, 0.5) is 10.1 Å². The number of anilines is 1. The van der Waals surface area contributed by atoms with Crippen LogP contribution in [0.3, 0.4) is 0 Å². The molecule has 1 unspecified atom stereocenters. The number of carbonyl (C=O) groups excluding carboxylic acids is 3. The summed E-state index contributed by atoms with van der Waals surface area (Å²) in [5, 5.41) is 11.3. The molecule has 1 atom stereocenters. The fourth-order valence-corrected chi connectivity index (χ4v) is 4.66. The van der Waals surface area contributed by atoms with Gasteiger partial charge in [-0.05, 0) is 55.7 Å². The number of nitrogens with one attached hydrogen (secondary N) is 1. The Morgan fingerprint density at radius 2 is 1.90 bits per heavy atom. The van der Waals surface area contributed by atoms with Crippen LogP contribution in [-0.4, -0.2) is 53.5 Å². The second-order valence-electron chi connectivity index (χ2n) is 8.16. The first-order valence-corrected chi connectivity index (χ1v) is 10.3. The highest BCUT2D eigenvalue weighted by molar-refractivity contribution is 6.05. The van der Waals surface area contributed by atoms with Gasteiger partial charge in [0, 0.05) is 38.2 Å². The van der Waals surface area contributed by atoms with Crippen molar-refractivity contribution in [2.24, 2.45) is 5.92 Å². The lowest BCUT2D eigenvalue weighted by atomic mass is 9.92. The van der Waals surface area contributed by atoms with E-state index in [0.29, 0.717) is 23.6 Å². The number of nitrogens with zero attached hydrogens (tertiary/aromatic N) is 2. The molecule has 156 valence electrons. The molecule has 3 heterocycles. The standard InChI is InChI=1S/C21H26FN3O4/c22-16-11-15-14(10-18(16)24-7-5-13(6-8-24)2-1-9-26)12-25(21(15)29)17-3-4-19(27)23-20(17)28/h10-11,13,17,26H,1-9,12H2,(H,23,27,28). The minimum absolute atomic E-state index is 0.196. The summed E-state index contributed by atoms with van der Waals surface area (Å²) in [7, 11) is 0. The zero-order valence-corrected chi connectivity index (χ0v) is 16.3. The predicted molar refractivity (Wildman–Crippen MR) is 104 cm³/mol. The summed E-state index contributed by atoms with van der Waals surface area (Å²) in [6, 6.07) is 2.33. The maximum atomic E-state index is 14.8. The van der Waals surface area contributed by atoms with Crippen molar-refractivity contribution < 1.29 is 23.9 Å². The van der Waals surface area contributed by atoms with Crippen molar-refractivity contribution in [3.05, 3.63) is 29.1 Å². The van der Waals surface area contributed by atoms with Gasteiger partial charge >= 0.3 is 0 Å². The van der Waals surface area contributed by atoms with Crippen LogP contribution >= 0.6 is 0 Å². The van der Waals surface area contributed by atoms with Gasteiger partial charge < -0.3 is 14.9 Å². The molecule has 0 radical (unpaired) electrons. The minimum Gasteiger partial charge on any atom is -0.396 e. The number of piperidine rings is 2. The third kappa shape index (κ3) is 3.85. The Kier molecular flexibility index (Phi) is 5.54. The molecule has 4 rings (SSSR count). The van der Waals surface area contributed by atoms with Gasteiger partial charge in [-0.25, -0.2) is 4.39 Å². The molecule has 0 aromatic heterocycles. The van der Waals surface area contributed by atoms with E-state index in [1.807, 2.05) is 4.90 Å². The largest absolute Gasteiger partial charge is 0.396 e. The smallest absolute Gasteiger partial charge is 0.255 e. The number of aliphatic hydroxyl groups is 1. The second-order valence-corrected chi connectivity index (χ2v) is 8.16. The van der Waals surface area contributed by atoms with Crippen LogP contribution in [0.25, 0.3) is 0 Å². The van der Waals surface area contributed by atoms with Crippen LogP contribution in [0.15, 0.2) is 12.1 Å². The van der Waals surface area contributed by atoms with E-state index in [-0.39, 0.29) is 31.4 Å². The van der Waals surface area contributed by atoms with Crippen LogP contribution < -0.4 is 10.2 Å². The monoisotopic (exact) mass is 403 g/mol. The Hall–Kier alpha value is -2.48. The molecule has 3 aliphatic rings. The third-order valence-electron chi connectivity index (χ3n) is 6.32. The van der Waals surface area contributed by atoms with Crippen molar-refractivity contribution >= 4 is 23.4 Å². The zero-order valence-electron chi connectivity index (χ0n) is 16.3. The van der Waals surface area contributed by atoms with E-state index in [2.05, 4.69) is 5.32 Å². The van der Waals surface area contributed by atoms with Crippen LogP contribution in [-0.2, 0) is 16.1 Å². The number of rotatable bonds is 5. The first-order valence-electron chi connectivity index (χ1n) is 10.3. The molecule has 2 fully saturated rings. The number of imide groups is 1. The van der Waals surface area contributed by atoms with Crippen molar-refractivity contribution in [3.63, 3.8) is 0 Å². The van der Waals surface area contributed by atoms with Gasteiger partial charge in [0.1, 0.15) is 11.9 Å². The van der Waals surface area contributed by atoms with E-state index in [9.17, 15) is 18.8 Å². The topological polar surface area (TPSA) is 90.0 Å². The summed E-state index contributed by atoms with van der Waals surface area (Å²) in [6.45, 7) is 1.95. The Morgan fingerprint density at radius 1 is 1.14 bits per heavy atom. The van der Waals surface area contributed by atoms with Crippen molar-refractivity contribution in [1.29, 1.82) is 0 Å². The summed E-state index contributed by atoms with van der Waals surface area (Å²) in [6.07, 6.45) is 4.20. The number of benzene rings is 1. The zero-order chi connectivity index (χ0) is 20.5. The first-order chi connectivity index (χ1) is 14.0. The fraction of sp³-hybridized carbons (Fsp3) is 0.571. The lowest BCUT2D eigenvalue weighted by Crippen LogP contribution is -2.52. The summed E-state index contributed by atoms with van der Waals surface area (Å²) in [5.41, 5.74) is 1.52. The summed E-state index contributed by atoms with van der Waals surface area (Å²) < 4.78 is 14.8. The molecule has 3 aliphatic heterocycles. The van der Waals surface area contributed by atoms with E-state index >= 15 is 0 Å². The van der Waals surface area contributed by atoms with Crippen LogP contribution in [0.2, 0.25) is 0 Å². The normalized spacial score (nSPS) is 22.8. The molecule has 2 saturated heterocycles. The molecule has 1 aromatic carbocycles. The summed E-state index contributed by atoms with van der Waals surface area (Å²) in [4.78, 5) is 39.8. The highest BCUT2D eigenvalue weighted by Crippen LogP contribution is 2.34. The van der Waals surface area contributed by atoms with Crippen molar-refractivity contribution in [2.45, 2.75) is 51.1 Å². The number of amides is 3. The Labute approximate surface area is 168 Å². The number of aliphatic hydroxyl groups excluding tert-OH is 1. The van der Waals surface area contributed by atoms with E-state index < -0.39 is 17.8 Å². The number of fused-ring (bicyclic) bond motifs is 1. The van der Waals surface area contributed by atoms with Crippen LogP contribution in [0, 0.1) is 11.7 Å². The lowest BCUT2D eigenvalue weighted by molar-refractivity contribution is -0.136. The van der Waals surface area contributed by atoms with Crippen molar-refractivity contribution in [3.8, 4) is 0 Å². The molecule has 0 spiro atoms. The highest BCUT2D eigenvalue weighted by Gasteiger charge is 2.39. The van der Waals surface area contributed by atoms with Gasteiger partial charge in [-0.1, -0.05) is 0 Å². The maximum absolute atomic E-state index is 14.8. The molecule has 0 bridgehead atoms. The van der Waals surface area contributed by atoms with E-state index in [1.54, 1.807) is 6.07 Å². The summed E-state index contributed by atoms with van der Waals surface area (Å²) in [5.74, 6) is -1.02. The fourth-order valence-electron chi connectivity index (χ4n) is 4.66. The second kappa shape index (κ2) is 8.10. The van der Waals surface area contributed by atoms with E-state index in [4.69, 9.17) is 5.11 Å². The van der Waals surface area contributed by atoms with Crippen LogP contribution in [0.1, 0.15) is 54.4 Å². The van der Waals surface area contributed by atoms with Crippen molar-refractivity contribution in [2.75, 3.05) is 24.6 Å². The maximum Gasteiger partial charge on any atom is 0.255 e. The van der Waals surface area contributed by atoms with E-state index in [0.717, 1.165) is 44.3 Å². The first kappa shape index (κ1) is 19.8. The van der Waals surface area contributed by atoms with Crippen LogP contribution in [0.5, 0.6) is 0 Å². The molecule has 8 heteroatoms. The molecular weight excluding hydrogens is 377 g/mol. The number of carbonyl (C=O) groups is 3. The molecular formula is C21H26FN3O4. The summed E-state index contributed by atoms with van der Waals surface area (Å²) >= 11 is 0. The average Bonchev–Trinajstić information content (AvgIpc) is 3.02. The predicted octanol–water partition coefficient (Wildman–Crippen LogP) is 1.58. The molecule has 3 amide bonds. The quantitative estimate of drug-likeness (QED) is 0.729. The van der Waals surface area contributed by atoms with Gasteiger partial charge in [-0.2, -0.15) is 0 Å². The molecule has 7 nitrogen and oxygen atoms in total. The molecule has 29 heavy (non-hydrogen) atoms. The molecule has 1 aromatic rings. The van der Waals surface area contributed by atoms with Crippen molar-refractivity contribution in [1.82, 2.24) is 10.2 Å². The average molecular weight is 403 g/mol. The SMILES string of the molecule is O=C1CCC(N2Cc3cc(N4CCC(CCCO)CC4)c(F)cc3C2=O)C(=O)N1. The molecule has 0 aliphatic carbocycles. The Balaban J connectivity index is 1.48. The number of hydrogen-bond donors (Lipinski definition) is 2. The van der Waals surface area contributed by atoms with Gasteiger partial charge in [0.15, 0.2) is 0 Å². The lowest BCUT2D eigenvalue weighted by Gasteiger charge is -2.34. The van der Waals surface area contributed by atoms with Gasteiger partial charge in [0.05, 0.1) is 5.69 Å². The Morgan fingerprint density at radius 3 is 2.59 bits per heavy atom. The van der Waals surface area contributed by atoms with Gasteiger partial charge in [0.25, 0.3) is 5.91 Å². The number of hydrogen-bond acceptors (Lipinski definition) is 5. The van der Waals surface area contributed by atoms with E-state index in [1.165, 1.54) is 11.0 Å². The van der Waals surface area contributed by atoms with Gasteiger partial charge in [-0.3, -0.25) is 19.7 Å².